The molecule has 0 heterocycles. The maximum atomic E-state index is 11.2. The number of hydrogen-bond acceptors (Lipinski definition) is 2. The minimum Gasteiger partial charge on any atom is -0.465 e. The van der Waals surface area contributed by atoms with Crippen LogP contribution in [0.15, 0.2) is 0 Å². The van der Waals surface area contributed by atoms with E-state index in [4.69, 9.17) is 4.74 Å². The van der Waals surface area contributed by atoms with Crippen LogP contribution >= 0.6 is 0 Å². The van der Waals surface area contributed by atoms with Crippen LogP contribution < -0.4 is 0 Å². The second-order valence-corrected chi connectivity index (χ2v) is 3.00. The van der Waals surface area contributed by atoms with Gasteiger partial charge in [-0.2, -0.15) is 0 Å². The third kappa shape index (κ3) is 2.52. The van der Waals surface area contributed by atoms with E-state index >= 15 is 0 Å². The van der Waals surface area contributed by atoms with Crippen LogP contribution in [0.25, 0.3) is 0 Å². The first-order chi connectivity index (χ1) is 5.34. The van der Waals surface area contributed by atoms with Gasteiger partial charge in [0.05, 0.1) is 12.5 Å². The molecule has 0 saturated heterocycles. The average molecular weight is 155 g/mol. The highest BCUT2D eigenvalue weighted by atomic mass is 16.5. The van der Waals surface area contributed by atoms with E-state index in [0.29, 0.717) is 13.0 Å². The van der Waals surface area contributed by atoms with Crippen LogP contribution in [0, 0.1) is 12.8 Å². The molecule has 2 heteroatoms. The van der Waals surface area contributed by atoms with Crippen LogP contribution in [0.1, 0.15) is 32.1 Å². The van der Waals surface area contributed by atoms with Crippen molar-refractivity contribution in [3.05, 3.63) is 6.92 Å². The zero-order valence-corrected chi connectivity index (χ0v) is 6.84. The number of carbonyl (C=O) groups excluding carboxylic acids is 1. The third-order valence-corrected chi connectivity index (χ3v) is 2.08. The van der Waals surface area contributed by atoms with Gasteiger partial charge in [0, 0.05) is 0 Å². The highest BCUT2D eigenvalue weighted by Gasteiger charge is 2.23. The Bertz CT molecular complexity index is 126. The number of hydrogen-bond donors (Lipinski definition) is 0. The van der Waals surface area contributed by atoms with Gasteiger partial charge in [-0.05, 0) is 26.2 Å². The topological polar surface area (TPSA) is 26.3 Å². The minimum atomic E-state index is -0.00819. The number of rotatable bonds is 3. The van der Waals surface area contributed by atoms with Gasteiger partial charge in [-0.25, -0.2) is 0 Å². The van der Waals surface area contributed by atoms with Crippen molar-refractivity contribution in [2.75, 3.05) is 6.61 Å². The predicted molar refractivity (Wildman–Crippen MR) is 42.9 cm³/mol. The monoisotopic (exact) mass is 155 g/mol. The maximum absolute atomic E-state index is 11.2. The van der Waals surface area contributed by atoms with Gasteiger partial charge >= 0.3 is 5.97 Å². The first-order valence-corrected chi connectivity index (χ1v) is 4.30. The molecule has 0 amide bonds. The summed E-state index contributed by atoms with van der Waals surface area (Å²) < 4.78 is 4.97. The van der Waals surface area contributed by atoms with E-state index in [1.165, 1.54) is 12.8 Å². The normalized spacial score (nSPS) is 18.6. The van der Waals surface area contributed by atoms with E-state index in [9.17, 15) is 4.79 Å². The quantitative estimate of drug-likeness (QED) is 0.582. The Balaban J connectivity index is 2.17. The summed E-state index contributed by atoms with van der Waals surface area (Å²) in [5.41, 5.74) is 0. The SMILES string of the molecule is [CH2]CCOC(=O)C1CCCC1. The Hall–Kier alpha value is -0.530. The van der Waals surface area contributed by atoms with Crippen LogP contribution in [0.4, 0.5) is 0 Å². The van der Waals surface area contributed by atoms with Gasteiger partial charge < -0.3 is 4.74 Å². The molecule has 1 radical (unpaired) electrons. The van der Waals surface area contributed by atoms with Crippen molar-refractivity contribution >= 4 is 5.97 Å². The molecule has 0 aromatic carbocycles. The van der Waals surface area contributed by atoms with Crippen molar-refractivity contribution in [1.29, 1.82) is 0 Å². The summed E-state index contributed by atoms with van der Waals surface area (Å²) in [5.74, 6) is 0.188. The molecule has 0 aromatic heterocycles. The van der Waals surface area contributed by atoms with Crippen molar-refractivity contribution < 1.29 is 9.53 Å². The summed E-state index contributed by atoms with van der Waals surface area (Å²) in [6, 6.07) is 0. The first kappa shape index (κ1) is 8.57. The number of ether oxygens (including phenoxy) is 1. The Labute approximate surface area is 67.9 Å². The largest absolute Gasteiger partial charge is 0.465 e. The second-order valence-electron chi connectivity index (χ2n) is 3.00. The lowest BCUT2D eigenvalue weighted by Crippen LogP contribution is -2.14. The van der Waals surface area contributed by atoms with Gasteiger partial charge in [-0.15, -0.1) is 0 Å². The van der Waals surface area contributed by atoms with E-state index in [-0.39, 0.29) is 11.9 Å². The lowest BCUT2D eigenvalue weighted by Gasteiger charge is -2.07. The summed E-state index contributed by atoms with van der Waals surface area (Å²) in [5, 5.41) is 0. The fraction of sp³-hybridized carbons (Fsp3) is 0.778. The molecule has 1 aliphatic carbocycles. The van der Waals surface area contributed by atoms with E-state index in [0.717, 1.165) is 12.8 Å². The zero-order chi connectivity index (χ0) is 8.10. The summed E-state index contributed by atoms with van der Waals surface area (Å²) in [4.78, 5) is 11.2. The summed E-state index contributed by atoms with van der Waals surface area (Å²) >= 11 is 0. The Morgan fingerprint density at radius 2 is 2.09 bits per heavy atom. The number of esters is 1. The molecule has 0 aromatic rings. The molecule has 0 aliphatic heterocycles. The van der Waals surface area contributed by atoms with Crippen LogP contribution in [-0.2, 0) is 9.53 Å². The first-order valence-electron chi connectivity index (χ1n) is 4.30. The van der Waals surface area contributed by atoms with E-state index in [1.807, 2.05) is 0 Å². The van der Waals surface area contributed by atoms with Crippen molar-refractivity contribution in [3.8, 4) is 0 Å². The van der Waals surface area contributed by atoms with Gasteiger partial charge in [-0.3, -0.25) is 4.79 Å². The molecule has 63 valence electrons. The van der Waals surface area contributed by atoms with Crippen molar-refractivity contribution in [2.45, 2.75) is 32.1 Å². The maximum Gasteiger partial charge on any atom is 0.308 e. The van der Waals surface area contributed by atoms with E-state index in [1.54, 1.807) is 0 Å². The predicted octanol–water partition coefficient (Wildman–Crippen LogP) is 1.94. The molecule has 1 saturated carbocycles. The van der Waals surface area contributed by atoms with Gasteiger partial charge in [0.1, 0.15) is 0 Å². The molecule has 1 fully saturated rings. The van der Waals surface area contributed by atoms with Crippen LogP contribution in [-0.4, -0.2) is 12.6 Å². The van der Waals surface area contributed by atoms with Gasteiger partial charge in [0.25, 0.3) is 0 Å². The fourth-order valence-electron chi connectivity index (χ4n) is 1.45. The Kier molecular flexibility index (Phi) is 3.40. The minimum absolute atomic E-state index is 0.00819. The molecule has 0 atom stereocenters. The van der Waals surface area contributed by atoms with Gasteiger partial charge in [0.2, 0.25) is 0 Å². The second kappa shape index (κ2) is 4.37. The molecule has 1 aliphatic rings. The molecule has 1 rings (SSSR count). The molecule has 0 bridgehead atoms. The smallest absolute Gasteiger partial charge is 0.308 e. The van der Waals surface area contributed by atoms with Crippen LogP contribution in [0.5, 0.6) is 0 Å². The summed E-state index contributed by atoms with van der Waals surface area (Å²) in [6.45, 7) is 4.09. The molecule has 0 spiro atoms. The van der Waals surface area contributed by atoms with E-state index < -0.39 is 0 Å². The van der Waals surface area contributed by atoms with Crippen molar-refractivity contribution in [3.63, 3.8) is 0 Å². The molecular formula is C9H15O2. The summed E-state index contributed by atoms with van der Waals surface area (Å²) in [6.07, 6.45) is 5.10. The van der Waals surface area contributed by atoms with Crippen LogP contribution in [0.3, 0.4) is 0 Å². The van der Waals surface area contributed by atoms with Crippen molar-refractivity contribution in [2.24, 2.45) is 5.92 Å². The van der Waals surface area contributed by atoms with Crippen molar-refractivity contribution in [1.82, 2.24) is 0 Å². The lowest BCUT2D eigenvalue weighted by molar-refractivity contribution is -0.148. The third-order valence-electron chi connectivity index (χ3n) is 2.08. The zero-order valence-electron chi connectivity index (χ0n) is 6.84. The van der Waals surface area contributed by atoms with Gasteiger partial charge in [0.15, 0.2) is 0 Å². The lowest BCUT2D eigenvalue weighted by atomic mass is 10.1. The fourth-order valence-corrected chi connectivity index (χ4v) is 1.45. The van der Waals surface area contributed by atoms with Crippen LogP contribution in [0.2, 0.25) is 0 Å². The molecule has 2 nitrogen and oxygen atoms in total. The van der Waals surface area contributed by atoms with Gasteiger partial charge in [-0.1, -0.05) is 12.8 Å². The summed E-state index contributed by atoms with van der Waals surface area (Å²) in [7, 11) is 0. The molecule has 11 heavy (non-hydrogen) atoms. The molecular weight excluding hydrogens is 140 g/mol. The highest BCUT2D eigenvalue weighted by Crippen LogP contribution is 2.25. The Morgan fingerprint density at radius 1 is 1.45 bits per heavy atom. The van der Waals surface area contributed by atoms with E-state index in [2.05, 4.69) is 6.92 Å². The standard InChI is InChI=1S/C9H15O2/c1-2-7-11-9(10)8-5-3-4-6-8/h8H,1-7H2. The number of carbonyl (C=O) groups is 1. The average Bonchev–Trinajstić information content (AvgIpc) is 2.52. The molecule has 0 unspecified atom stereocenters. The molecule has 0 N–H and O–H groups in total. The Morgan fingerprint density at radius 3 is 2.64 bits per heavy atom. The highest BCUT2D eigenvalue weighted by molar-refractivity contribution is 5.72.